The maximum absolute atomic E-state index is 5.37. The van der Waals surface area contributed by atoms with Crippen molar-refractivity contribution in [3.8, 4) is 0 Å². The van der Waals surface area contributed by atoms with Gasteiger partial charge in [0.15, 0.2) is 0 Å². The Morgan fingerprint density at radius 1 is 1.35 bits per heavy atom. The molecule has 0 aliphatic carbocycles. The van der Waals surface area contributed by atoms with Crippen LogP contribution in [0, 0.1) is 5.92 Å². The first kappa shape index (κ1) is 11.0. The molecule has 3 heterocycles. The second-order valence-corrected chi connectivity index (χ2v) is 4.74. The molecule has 1 atom stereocenters. The summed E-state index contributed by atoms with van der Waals surface area (Å²) >= 11 is 0. The number of hydrogen-bond acceptors (Lipinski definition) is 6. The average molecular weight is 238 g/mol. The number of nitrogens with one attached hydrogen (secondary N) is 1. The van der Waals surface area contributed by atoms with E-state index in [1.54, 1.807) is 0 Å². The van der Waals surface area contributed by atoms with E-state index in [-0.39, 0.29) is 0 Å². The van der Waals surface area contributed by atoms with Crippen molar-refractivity contribution in [3.05, 3.63) is 5.89 Å². The highest BCUT2D eigenvalue weighted by Gasteiger charge is 2.29. The Labute approximate surface area is 100 Å². The van der Waals surface area contributed by atoms with Crippen molar-refractivity contribution in [2.24, 2.45) is 5.92 Å². The van der Waals surface area contributed by atoms with Gasteiger partial charge in [0, 0.05) is 19.0 Å². The van der Waals surface area contributed by atoms with Crippen LogP contribution in [0.3, 0.4) is 0 Å². The summed E-state index contributed by atoms with van der Waals surface area (Å²) in [5, 5.41) is 7.33. The van der Waals surface area contributed by atoms with E-state index in [1.165, 1.54) is 0 Å². The van der Waals surface area contributed by atoms with E-state index in [0.29, 0.717) is 17.8 Å². The topological polar surface area (TPSA) is 63.4 Å². The van der Waals surface area contributed by atoms with Crippen LogP contribution in [-0.4, -0.2) is 49.5 Å². The van der Waals surface area contributed by atoms with Gasteiger partial charge in [-0.3, -0.25) is 0 Å². The van der Waals surface area contributed by atoms with E-state index >= 15 is 0 Å². The first-order valence-corrected chi connectivity index (χ1v) is 6.21. The van der Waals surface area contributed by atoms with E-state index in [4.69, 9.17) is 9.26 Å². The van der Waals surface area contributed by atoms with Crippen LogP contribution in [0.25, 0.3) is 0 Å². The minimum Gasteiger partial charge on any atom is -0.378 e. The summed E-state index contributed by atoms with van der Waals surface area (Å²) < 4.78 is 10.7. The Balaban J connectivity index is 1.68. The maximum Gasteiger partial charge on any atom is 0.266 e. The van der Waals surface area contributed by atoms with Gasteiger partial charge in [-0.1, -0.05) is 6.92 Å². The quantitative estimate of drug-likeness (QED) is 0.813. The van der Waals surface area contributed by atoms with Gasteiger partial charge >= 0.3 is 0 Å². The first-order chi connectivity index (χ1) is 8.34. The Kier molecular flexibility index (Phi) is 2.98. The summed E-state index contributed by atoms with van der Waals surface area (Å²) in [5.74, 6) is 2.45. The van der Waals surface area contributed by atoms with Gasteiger partial charge in [0.25, 0.3) is 5.95 Å². The first-order valence-electron chi connectivity index (χ1n) is 6.21. The van der Waals surface area contributed by atoms with Gasteiger partial charge in [-0.15, -0.1) is 0 Å². The van der Waals surface area contributed by atoms with Crippen molar-refractivity contribution in [1.82, 2.24) is 15.5 Å². The minimum absolute atomic E-state index is 0.346. The highest BCUT2D eigenvalue weighted by atomic mass is 16.5. The van der Waals surface area contributed by atoms with Crippen LogP contribution in [0.1, 0.15) is 18.7 Å². The molecule has 0 bridgehead atoms. The lowest BCUT2D eigenvalue weighted by atomic mass is 9.89. The zero-order chi connectivity index (χ0) is 11.7. The molecule has 3 rings (SSSR count). The lowest BCUT2D eigenvalue weighted by Gasteiger charge is -2.30. The van der Waals surface area contributed by atoms with Crippen molar-refractivity contribution >= 4 is 5.95 Å². The van der Waals surface area contributed by atoms with Gasteiger partial charge in [0.2, 0.25) is 5.89 Å². The van der Waals surface area contributed by atoms with Gasteiger partial charge in [0.05, 0.1) is 13.2 Å². The third kappa shape index (κ3) is 2.14. The van der Waals surface area contributed by atoms with Gasteiger partial charge in [0.1, 0.15) is 0 Å². The molecule has 17 heavy (non-hydrogen) atoms. The highest BCUT2D eigenvalue weighted by molar-refractivity contribution is 5.28. The molecule has 1 unspecified atom stereocenters. The van der Waals surface area contributed by atoms with Crippen molar-refractivity contribution in [3.63, 3.8) is 0 Å². The predicted molar refractivity (Wildman–Crippen MR) is 62.1 cm³/mol. The molecule has 2 aliphatic heterocycles. The molecule has 1 aromatic rings. The van der Waals surface area contributed by atoms with Crippen LogP contribution >= 0.6 is 0 Å². The third-order valence-electron chi connectivity index (χ3n) is 3.63. The zero-order valence-electron chi connectivity index (χ0n) is 10.1. The Bertz CT molecular complexity index is 355. The second-order valence-electron chi connectivity index (χ2n) is 4.74. The number of hydrogen-bond donors (Lipinski definition) is 1. The summed E-state index contributed by atoms with van der Waals surface area (Å²) in [6, 6.07) is 0. The molecule has 6 nitrogen and oxygen atoms in total. The molecule has 94 valence electrons. The number of rotatable bonds is 3. The number of anilines is 1. The standard InChI is InChI=1S/C11H18N4O2/c1-8(9-6-12-7-9)10-13-11(14-17-10)15-2-4-16-5-3-15/h8-9,12H,2-7H2,1H3. The molecule has 0 saturated carbocycles. The molecular formula is C11H18N4O2. The summed E-state index contributed by atoms with van der Waals surface area (Å²) in [7, 11) is 0. The average Bonchev–Trinajstić information content (AvgIpc) is 2.77. The molecule has 1 N–H and O–H groups in total. The summed E-state index contributed by atoms with van der Waals surface area (Å²) in [6.45, 7) is 7.43. The molecule has 2 aliphatic rings. The molecule has 0 radical (unpaired) electrons. The predicted octanol–water partition coefficient (Wildman–Crippen LogP) is 0.229. The molecule has 2 fully saturated rings. The zero-order valence-corrected chi connectivity index (χ0v) is 10.1. The molecule has 1 aromatic heterocycles. The largest absolute Gasteiger partial charge is 0.378 e. The maximum atomic E-state index is 5.37. The van der Waals surface area contributed by atoms with Crippen LogP contribution in [0.2, 0.25) is 0 Å². The normalized spacial score (nSPS) is 23.5. The van der Waals surface area contributed by atoms with E-state index in [1.807, 2.05) is 0 Å². The number of ether oxygens (including phenoxy) is 1. The van der Waals surface area contributed by atoms with Crippen molar-refractivity contribution < 1.29 is 9.26 Å². The van der Waals surface area contributed by atoms with Crippen LogP contribution in [-0.2, 0) is 4.74 Å². The van der Waals surface area contributed by atoms with Gasteiger partial charge in [-0.05, 0) is 24.2 Å². The van der Waals surface area contributed by atoms with Crippen LogP contribution in [0.15, 0.2) is 4.52 Å². The lowest BCUT2D eigenvalue weighted by Crippen LogP contribution is -2.44. The molecule has 0 spiro atoms. The lowest BCUT2D eigenvalue weighted by molar-refractivity contribution is 0.121. The van der Waals surface area contributed by atoms with E-state index in [9.17, 15) is 0 Å². The highest BCUT2D eigenvalue weighted by Crippen LogP contribution is 2.27. The van der Waals surface area contributed by atoms with Crippen molar-refractivity contribution in [2.75, 3.05) is 44.3 Å². The summed E-state index contributed by atoms with van der Waals surface area (Å²) in [5.41, 5.74) is 0. The summed E-state index contributed by atoms with van der Waals surface area (Å²) in [4.78, 5) is 6.61. The molecule has 2 saturated heterocycles. The van der Waals surface area contributed by atoms with Gasteiger partial charge in [-0.2, -0.15) is 4.98 Å². The smallest absolute Gasteiger partial charge is 0.266 e. The fraction of sp³-hybridized carbons (Fsp3) is 0.818. The Morgan fingerprint density at radius 3 is 2.76 bits per heavy atom. The van der Waals surface area contributed by atoms with Gasteiger partial charge in [-0.25, -0.2) is 0 Å². The Morgan fingerprint density at radius 2 is 2.12 bits per heavy atom. The van der Waals surface area contributed by atoms with Crippen molar-refractivity contribution in [1.29, 1.82) is 0 Å². The molecule has 6 heteroatoms. The second kappa shape index (κ2) is 4.62. The number of aromatic nitrogens is 2. The van der Waals surface area contributed by atoms with Crippen LogP contribution in [0.4, 0.5) is 5.95 Å². The van der Waals surface area contributed by atoms with Crippen LogP contribution in [0.5, 0.6) is 0 Å². The fourth-order valence-electron chi connectivity index (χ4n) is 2.17. The van der Waals surface area contributed by atoms with E-state index in [2.05, 4.69) is 27.3 Å². The van der Waals surface area contributed by atoms with Gasteiger partial charge < -0.3 is 19.5 Å². The molecule has 0 amide bonds. The number of morpholine rings is 1. The fourth-order valence-corrected chi connectivity index (χ4v) is 2.17. The third-order valence-corrected chi connectivity index (χ3v) is 3.63. The minimum atomic E-state index is 0.346. The number of nitrogens with zero attached hydrogens (tertiary/aromatic N) is 3. The molecule has 0 aromatic carbocycles. The van der Waals surface area contributed by atoms with E-state index < -0.39 is 0 Å². The van der Waals surface area contributed by atoms with Crippen molar-refractivity contribution in [2.45, 2.75) is 12.8 Å². The van der Waals surface area contributed by atoms with Crippen LogP contribution < -0.4 is 10.2 Å². The Hall–Kier alpha value is -1.14. The SMILES string of the molecule is CC(c1nc(N2CCOCC2)no1)C1CNC1. The molecular weight excluding hydrogens is 220 g/mol. The monoisotopic (exact) mass is 238 g/mol. The van der Waals surface area contributed by atoms with E-state index in [0.717, 1.165) is 45.3 Å². The summed E-state index contributed by atoms with van der Waals surface area (Å²) in [6.07, 6.45) is 0.